The van der Waals surface area contributed by atoms with Crippen LogP contribution >= 0.6 is 31.9 Å². The highest BCUT2D eigenvalue weighted by Gasteiger charge is 2.75. The van der Waals surface area contributed by atoms with Gasteiger partial charge in [-0.1, -0.05) is 125 Å². The molecule has 0 atom stereocenters. The Balaban J connectivity index is 1.51. The number of alkyl halides is 8. The monoisotopic (exact) mass is 1070 g/mol. The fourth-order valence-electron chi connectivity index (χ4n) is 7.82. The molecule has 0 saturated carbocycles. The van der Waals surface area contributed by atoms with Crippen molar-refractivity contribution in [1.82, 2.24) is 19.9 Å². The Hall–Kier alpha value is -6.28. The summed E-state index contributed by atoms with van der Waals surface area (Å²) in [6.07, 6.45) is -10.7. The molecule has 5 heterocycles. The van der Waals surface area contributed by atoms with E-state index in [0.717, 1.165) is 0 Å². The molecule has 4 aromatic carbocycles. The molecule has 0 aliphatic carbocycles. The second-order valence-electron chi connectivity index (χ2n) is 15.0. The van der Waals surface area contributed by atoms with E-state index in [4.69, 9.17) is 9.97 Å². The molecule has 8 bridgehead atoms. The second-order valence-corrected chi connectivity index (χ2v) is 18.0. The third-order valence-corrected chi connectivity index (χ3v) is 13.8. The summed E-state index contributed by atoms with van der Waals surface area (Å²) in [6, 6.07) is 37.3. The van der Waals surface area contributed by atoms with Crippen molar-refractivity contribution in [2.75, 3.05) is 0 Å². The number of nitrogens with zero attached hydrogens (tertiary/aromatic N) is 2. The molecule has 0 unspecified atom stereocenters. The summed E-state index contributed by atoms with van der Waals surface area (Å²) >= 11 is 7.53. The number of ether oxygens (including phenoxy) is 1. The molecule has 3 aromatic heterocycles. The number of hydrogen-bond donors (Lipinski definition) is 2. The van der Waals surface area contributed by atoms with E-state index in [1.165, 1.54) is 36.4 Å². The van der Waals surface area contributed by atoms with E-state index in [1.807, 2.05) is 30.3 Å². The van der Waals surface area contributed by atoms with Gasteiger partial charge >= 0.3 is 33.6 Å². The Morgan fingerprint density at radius 1 is 0.493 bits per heavy atom. The molecule has 2 aliphatic heterocycles. The summed E-state index contributed by atoms with van der Waals surface area (Å²) in [5, 5.41) is -7.02. The number of nitrogens with one attached hydrogen (secondary N) is 2. The summed E-state index contributed by atoms with van der Waals surface area (Å²) in [5.74, 6) is -6.03. The number of H-pyrrole nitrogens is 2. The molecule has 7 aromatic rings. The van der Waals surface area contributed by atoms with Crippen LogP contribution in [0.5, 0.6) is 0 Å². The summed E-state index contributed by atoms with van der Waals surface area (Å²) in [5.41, 5.74) is 1.01. The van der Waals surface area contributed by atoms with E-state index in [1.54, 1.807) is 78.9 Å². The Labute approximate surface area is 391 Å². The SMILES string of the molecule is O=S(=O)(F)C(F)(F)C(F)(F)OC(F)(F)C(F)(F)c1cc2[nH]c1c(-c1ccccc1)c1nc(c(-c3ccccc3)c3nc(c(-c4ccccc4)c4ccc([nH]4)c2-c2ccccc2)C(Br)=C3Br)C=C1. The van der Waals surface area contributed by atoms with E-state index in [0.29, 0.717) is 59.8 Å². The maximum Gasteiger partial charge on any atom is 0.464 e. The van der Waals surface area contributed by atoms with Gasteiger partial charge in [0.05, 0.1) is 42.8 Å². The van der Waals surface area contributed by atoms with Crippen LogP contribution in [0.3, 0.4) is 0 Å². The minimum absolute atomic E-state index is 0.0685. The van der Waals surface area contributed by atoms with Crippen LogP contribution in [0.2, 0.25) is 0 Å². The van der Waals surface area contributed by atoms with Crippen LogP contribution in [0.25, 0.3) is 87.7 Å². The largest absolute Gasteiger partial charge is 0.464 e. The lowest BCUT2D eigenvalue weighted by atomic mass is 9.99. The number of halogens is 11. The van der Waals surface area contributed by atoms with E-state index in [-0.39, 0.29) is 39.1 Å². The van der Waals surface area contributed by atoms with E-state index in [2.05, 4.69) is 46.6 Å². The van der Waals surface area contributed by atoms with Gasteiger partial charge in [0.15, 0.2) is 0 Å². The number of aromatic amines is 2. The molecule has 2 aliphatic rings. The maximum absolute atomic E-state index is 17.0. The second kappa shape index (κ2) is 16.8. The molecule has 0 saturated heterocycles. The van der Waals surface area contributed by atoms with Gasteiger partial charge in [-0.3, -0.25) is 0 Å². The molecule has 0 spiro atoms. The number of fused-ring (bicyclic) bond motifs is 8. The Kier molecular flexibility index (Phi) is 11.5. The fourth-order valence-corrected chi connectivity index (χ4v) is 9.09. The Morgan fingerprint density at radius 2 is 0.910 bits per heavy atom. The maximum atomic E-state index is 17.0. The molecule has 9 rings (SSSR count). The van der Waals surface area contributed by atoms with Crippen LogP contribution in [0, 0.1) is 0 Å². The highest BCUT2D eigenvalue weighted by atomic mass is 79.9. The van der Waals surface area contributed by atoms with Crippen molar-refractivity contribution in [3.05, 3.63) is 168 Å². The van der Waals surface area contributed by atoms with E-state index in [9.17, 15) is 29.9 Å². The van der Waals surface area contributed by atoms with Gasteiger partial charge < -0.3 is 9.97 Å². The first kappa shape index (κ1) is 45.9. The number of benzene rings is 4. The van der Waals surface area contributed by atoms with Crippen LogP contribution in [-0.4, -0.2) is 45.8 Å². The van der Waals surface area contributed by atoms with Crippen molar-refractivity contribution < 1.29 is 52.2 Å². The minimum atomic E-state index is -7.69. The van der Waals surface area contributed by atoms with Gasteiger partial charge in [-0.15, -0.1) is 0 Å². The Morgan fingerprint density at radius 3 is 1.40 bits per heavy atom. The smallest absolute Gasteiger partial charge is 0.354 e. The van der Waals surface area contributed by atoms with Crippen LogP contribution < -0.4 is 0 Å². The summed E-state index contributed by atoms with van der Waals surface area (Å²) in [7, 11) is -7.69. The van der Waals surface area contributed by atoms with Gasteiger partial charge in [-0.25, -0.2) is 14.7 Å². The van der Waals surface area contributed by atoms with Gasteiger partial charge in [0, 0.05) is 38.8 Å². The molecule has 340 valence electrons. The molecule has 19 heteroatoms. The predicted octanol–water partition coefficient (Wildman–Crippen LogP) is 15.0. The van der Waals surface area contributed by atoms with Gasteiger partial charge in [0.2, 0.25) is 0 Å². The summed E-state index contributed by atoms with van der Waals surface area (Å²) < 4.78 is 163. The third-order valence-electron chi connectivity index (χ3n) is 10.9. The number of aromatic nitrogens is 4. The molecule has 2 N–H and O–H groups in total. The van der Waals surface area contributed by atoms with Crippen molar-refractivity contribution in [2.45, 2.75) is 23.4 Å². The standard InChI is InChI=1S/C48H27Br2F9N4O3S/c49-40-41(50)44-39(29-19-11-4-12-20-29)34-24-23-32(61-34)37(27-15-7-2-8-16-27)42-30(45(51,52)46(53,54)66-47(55,56)48(57,58)67(59,64)65)25-35(62-42)36(26-13-5-1-6-14-26)31-21-22-33(60-31)38(43(40)63-44)28-17-9-3-10-18-28/h1-25,60,62H. The molecule has 0 fully saturated rings. The molecule has 0 radical (unpaired) electrons. The van der Waals surface area contributed by atoms with E-state index >= 15 is 17.6 Å². The van der Waals surface area contributed by atoms with Crippen molar-refractivity contribution in [2.24, 2.45) is 0 Å². The zero-order chi connectivity index (χ0) is 47.7. The van der Waals surface area contributed by atoms with E-state index < -0.39 is 44.7 Å². The molecule has 0 amide bonds. The lowest BCUT2D eigenvalue weighted by Gasteiger charge is -2.31. The quantitative estimate of drug-likeness (QED) is 0.105. The first-order chi connectivity index (χ1) is 31.7. The third kappa shape index (κ3) is 7.90. The highest BCUT2D eigenvalue weighted by Crippen LogP contribution is 2.54. The van der Waals surface area contributed by atoms with Gasteiger partial charge in [-0.05, 0) is 84.5 Å². The van der Waals surface area contributed by atoms with Crippen molar-refractivity contribution in [1.29, 1.82) is 0 Å². The summed E-state index contributed by atoms with van der Waals surface area (Å²) in [6.45, 7) is 0. The topological polar surface area (TPSA) is 101 Å². The zero-order valence-electron chi connectivity index (χ0n) is 33.6. The normalized spacial score (nSPS) is 13.7. The minimum Gasteiger partial charge on any atom is -0.354 e. The summed E-state index contributed by atoms with van der Waals surface area (Å²) in [4.78, 5) is 16.3. The lowest BCUT2D eigenvalue weighted by molar-refractivity contribution is -0.459. The molecular weight excluding hydrogens is 1040 g/mol. The van der Waals surface area contributed by atoms with Crippen LogP contribution in [-0.2, 0) is 20.9 Å². The number of rotatable bonds is 10. The molecule has 7 nitrogen and oxygen atoms in total. The van der Waals surface area contributed by atoms with Crippen molar-refractivity contribution in [3.63, 3.8) is 0 Å². The predicted molar refractivity (Wildman–Crippen MR) is 246 cm³/mol. The number of hydrogen-bond acceptors (Lipinski definition) is 5. The van der Waals surface area contributed by atoms with Crippen molar-refractivity contribution in [3.8, 4) is 44.5 Å². The first-order valence-electron chi connectivity index (χ1n) is 19.7. The van der Waals surface area contributed by atoms with Gasteiger partial charge in [0.25, 0.3) is 0 Å². The fraction of sp³-hybridized carbons (Fsp3) is 0.0833. The lowest BCUT2D eigenvalue weighted by Crippen LogP contribution is -2.54. The Bertz CT molecular complexity index is 3440. The first-order valence-corrected chi connectivity index (χ1v) is 22.6. The average molecular weight is 1070 g/mol. The van der Waals surface area contributed by atoms with Crippen molar-refractivity contribution >= 4 is 85.3 Å². The zero-order valence-corrected chi connectivity index (χ0v) is 37.6. The van der Waals surface area contributed by atoms with Gasteiger partial charge in [0.1, 0.15) is 0 Å². The molecule has 67 heavy (non-hydrogen) atoms. The average Bonchev–Trinajstić information content (AvgIpc) is 4.12. The van der Waals surface area contributed by atoms with Gasteiger partial charge in [-0.2, -0.15) is 43.5 Å². The molecular formula is C48H27Br2F9N4O3S. The highest BCUT2D eigenvalue weighted by molar-refractivity contribution is 9.18. The van der Waals surface area contributed by atoms with Crippen LogP contribution in [0.1, 0.15) is 28.3 Å². The van der Waals surface area contributed by atoms with Crippen LogP contribution in [0.15, 0.2) is 140 Å². The van der Waals surface area contributed by atoms with Crippen LogP contribution in [0.4, 0.5) is 39.0 Å².